The maximum Gasteiger partial charge on any atom is 0.305 e. The summed E-state index contributed by atoms with van der Waals surface area (Å²) in [6, 6.07) is 7.85. The van der Waals surface area contributed by atoms with Crippen LogP contribution in [0, 0.1) is 0 Å². The van der Waals surface area contributed by atoms with Crippen molar-refractivity contribution in [2.75, 3.05) is 18.5 Å². The van der Waals surface area contributed by atoms with Crippen molar-refractivity contribution in [2.45, 2.75) is 19.8 Å². The van der Waals surface area contributed by atoms with Gasteiger partial charge < -0.3 is 15.0 Å². The predicted molar refractivity (Wildman–Crippen MR) is 70.5 cm³/mol. The van der Waals surface area contributed by atoms with Gasteiger partial charge in [-0.05, 0) is 25.5 Å². The molecule has 2 aromatic rings. The Bertz CT molecular complexity index is 489. The molecule has 5 nitrogen and oxygen atoms in total. The number of nitrogens with one attached hydrogen (secondary N) is 2. The van der Waals surface area contributed by atoms with Gasteiger partial charge in [-0.15, -0.1) is 0 Å². The quantitative estimate of drug-likeness (QED) is 0.607. The zero-order chi connectivity index (χ0) is 12.8. The highest BCUT2D eigenvalue weighted by molar-refractivity contribution is 5.77. The largest absolute Gasteiger partial charge is 0.466 e. The monoisotopic (exact) mass is 247 g/mol. The average molecular weight is 247 g/mol. The molecule has 0 amide bonds. The summed E-state index contributed by atoms with van der Waals surface area (Å²) in [7, 11) is 0. The SMILES string of the molecule is CCOC(=O)CCCNc1nc2ccccc2[nH]1. The number of imidazole rings is 1. The minimum atomic E-state index is -0.149. The molecule has 0 unspecified atom stereocenters. The highest BCUT2D eigenvalue weighted by Crippen LogP contribution is 2.13. The number of fused-ring (bicyclic) bond motifs is 1. The Hall–Kier alpha value is -2.04. The zero-order valence-electron chi connectivity index (χ0n) is 10.4. The molecule has 18 heavy (non-hydrogen) atoms. The number of anilines is 1. The topological polar surface area (TPSA) is 67.0 Å². The lowest BCUT2D eigenvalue weighted by molar-refractivity contribution is -0.143. The highest BCUT2D eigenvalue weighted by atomic mass is 16.5. The number of carbonyl (C=O) groups excluding carboxylic acids is 1. The Morgan fingerprint density at radius 2 is 2.28 bits per heavy atom. The lowest BCUT2D eigenvalue weighted by Crippen LogP contribution is -2.08. The number of ether oxygens (including phenoxy) is 1. The molecular weight excluding hydrogens is 230 g/mol. The van der Waals surface area contributed by atoms with Crippen LogP contribution in [-0.2, 0) is 9.53 Å². The molecule has 0 aliphatic heterocycles. The second-order valence-corrected chi connectivity index (χ2v) is 3.94. The van der Waals surface area contributed by atoms with Crippen LogP contribution in [0.15, 0.2) is 24.3 Å². The molecule has 0 aliphatic carbocycles. The van der Waals surface area contributed by atoms with Gasteiger partial charge in [-0.3, -0.25) is 4.79 Å². The van der Waals surface area contributed by atoms with E-state index in [2.05, 4.69) is 15.3 Å². The van der Waals surface area contributed by atoms with Crippen molar-refractivity contribution in [3.63, 3.8) is 0 Å². The van der Waals surface area contributed by atoms with Gasteiger partial charge in [-0.1, -0.05) is 12.1 Å². The molecule has 0 bridgehead atoms. The summed E-state index contributed by atoms with van der Waals surface area (Å²) >= 11 is 0. The van der Waals surface area contributed by atoms with Crippen molar-refractivity contribution in [1.82, 2.24) is 9.97 Å². The molecule has 0 atom stereocenters. The van der Waals surface area contributed by atoms with E-state index in [4.69, 9.17) is 4.74 Å². The molecule has 1 aromatic heterocycles. The number of hydrogen-bond acceptors (Lipinski definition) is 4. The van der Waals surface area contributed by atoms with Gasteiger partial charge in [0, 0.05) is 13.0 Å². The lowest BCUT2D eigenvalue weighted by Gasteiger charge is -2.02. The van der Waals surface area contributed by atoms with Gasteiger partial charge in [0.05, 0.1) is 17.6 Å². The molecule has 0 radical (unpaired) electrons. The van der Waals surface area contributed by atoms with Crippen LogP contribution in [0.4, 0.5) is 5.95 Å². The fraction of sp³-hybridized carbons (Fsp3) is 0.385. The van der Waals surface area contributed by atoms with Crippen molar-refractivity contribution in [3.05, 3.63) is 24.3 Å². The van der Waals surface area contributed by atoms with Crippen LogP contribution < -0.4 is 5.32 Å². The number of aromatic nitrogens is 2. The average Bonchev–Trinajstić information content (AvgIpc) is 2.77. The van der Waals surface area contributed by atoms with Gasteiger partial charge in [-0.25, -0.2) is 4.98 Å². The van der Waals surface area contributed by atoms with Crippen LogP contribution in [0.2, 0.25) is 0 Å². The third-order valence-corrected chi connectivity index (χ3v) is 2.54. The van der Waals surface area contributed by atoms with Crippen LogP contribution >= 0.6 is 0 Å². The van der Waals surface area contributed by atoms with E-state index in [-0.39, 0.29) is 5.97 Å². The Labute approximate surface area is 106 Å². The molecule has 2 N–H and O–H groups in total. The van der Waals surface area contributed by atoms with E-state index < -0.39 is 0 Å². The van der Waals surface area contributed by atoms with E-state index >= 15 is 0 Å². The molecule has 1 heterocycles. The molecule has 0 saturated carbocycles. The number of rotatable bonds is 6. The Kier molecular flexibility index (Phi) is 4.17. The Morgan fingerprint density at radius 1 is 1.44 bits per heavy atom. The zero-order valence-corrected chi connectivity index (χ0v) is 10.4. The fourth-order valence-electron chi connectivity index (χ4n) is 1.71. The minimum absolute atomic E-state index is 0.149. The van der Waals surface area contributed by atoms with Crippen LogP contribution in [0.1, 0.15) is 19.8 Å². The molecule has 2 rings (SSSR count). The number of esters is 1. The van der Waals surface area contributed by atoms with Gasteiger partial charge in [-0.2, -0.15) is 0 Å². The van der Waals surface area contributed by atoms with E-state index in [1.165, 1.54) is 0 Å². The summed E-state index contributed by atoms with van der Waals surface area (Å²) in [4.78, 5) is 18.7. The number of H-pyrrole nitrogens is 1. The van der Waals surface area contributed by atoms with Gasteiger partial charge in [0.15, 0.2) is 0 Å². The Balaban J connectivity index is 1.78. The number of nitrogens with zero attached hydrogens (tertiary/aromatic N) is 1. The number of benzene rings is 1. The smallest absolute Gasteiger partial charge is 0.305 e. The van der Waals surface area contributed by atoms with E-state index in [1.807, 2.05) is 31.2 Å². The molecule has 0 spiro atoms. The maximum absolute atomic E-state index is 11.1. The van der Waals surface area contributed by atoms with E-state index in [9.17, 15) is 4.79 Å². The van der Waals surface area contributed by atoms with Crippen molar-refractivity contribution >= 4 is 23.0 Å². The van der Waals surface area contributed by atoms with Crippen LogP contribution in [0.5, 0.6) is 0 Å². The van der Waals surface area contributed by atoms with Crippen molar-refractivity contribution in [3.8, 4) is 0 Å². The van der Waals surface area contributed by atoms with E-state index in [0.29, 0.717) is 19.6 Å². The Morgan fingerprint density at radius 3 is 3.06 bits per heavy atom. The van der Waals surface area contributed by atoms with Gasteiger partial charge in [0.2, 0.25) is 5.95 Å². The third kappa shape index (κ3) is 3.23. The van der Waals surface area contributed by atoms with E-state index in [0.717, 1.165) is 23.4 Å². The van der Waals surface area contributed by atoms with E-state index in [1.54, 1.807) is 0 Å². The van der Waals surface area contributed by atoms with Gasteiger partial charge in [0.1, 0.15) is 0 Å². The number of para-hydroxylation sites is 2. The predicted octanol–water partition coefficient (Wildman–Crippen LogP) is 2.32. The normalized spacial score (nSPS) is 10.5. The molecule has 0 aliphatic rings. The summed E-state index contributed by atoms with van der Waals surface area (Å²) in [5.74, 6) is 0.587. The summed E-state index contributed by atoms with van der Waals surface area (Å²) in [5.41, 5.74) is 1.94. The molecular formula is C13H17N3O2. The molecule has 0 saturated heterocycles. The first-order valence-corrected chi connectivity index (χ1v) is 6.14. The molecule has 0 fully saturated rings. The molecule has 1 aromatic carbocycles. The minimum Gasteiger partial charge on any atom is -0.466 e. The van der Waals surface area contributed by atoms with Crippen molar-refractivity contribution < 1.29 is 9.53 Å². The molecule has 5 heteroatoms. The standard InChI is InChI=1S/C13H17N3O2/c1-2-18-12(17)8-5-9-14-13-15-10-6-3-4-7-11(10)16-13/h3-4,6-7H,2,5,8-9H2,1H3,(H2,14,15,16). The first-order chi connectivity index (χ1) is 8.79. The summed E-state index contributed by atoms with van der Waals surface area (Å²) in [6.45, 7) is 2.94. The van der Waals surface area contributed by atoms with Crippen LogP contribution in [0.25, 0.3) is 11.0 Å². The lowest BCUT2D eigenvalue weighted by atomic mass is 10.3. The third-order valence-electron chi connectivity index (χ3n) is 2.54. The van der Waals surface area contributed by atoms with Gasteiger partial charge in [0.25, 0.3) is 0 Å². The second-order valence-electron chi connectivity index (χ2n) is 3.94. The first-order valence-electron chi connectivity index (χ1n) is 6.14. The fourth-order valence-corrected chi connectivity index (χ4v) is 1.71. The van der Waals surface area contributed by atoms with Crippen LogP contribution in [0.3, 0.4) is 0 Å². The van der Waals surface area contributed by atoms with Crippen molar-refractivity contribution in [1.29, 1.82) is 0 Å². The second kappa shape index (κ2) is 6.05. The number of hydrogen-bond donors (Lipinski definition) is 2. The number of carbonyl (C=O) groups is 1. The van der Waals surface area contributed by atoms with Crippen LogP contribution in [-0.4, -0.2) is 29.1 Å². The highest BCUT2D eigenvalue weighted by Gasteiger charge is 2.03. The summed E-state index contributed by atoms with van der Waals surface area (Å²) in [5, 5.41) is 3.16. The first kappa shape index (κ1) is 12.4. The van der Waals surface area contributed by atoms with Gasteiger partial charge >= 0.3 is 5.97 Å². The van der Waals surface area contributed by atoms with Crippen molar-refractivity contribution in [2.24, 2.45) is 0 Å². The maximum atomic E-state index is 11.1. The summed E-state index contributed by atoms with van der Waals surface area (Å²) < 4.78 is 4.85. The summed E-state index contributed by atoms with van der Waals surface area (Å²) in [6.07, 6.45) is 1.16. The molecule has 96 valence electrons. The number of aromatic amines is 1.